The van der Waals surface area contributed by atoms with Crippen molar-refractivity contribution in [3.05, 3.63) is 0 Å². The van der Waals surface area contributed by atoms with E-state index in [2.05, 4.69) is 17.2 Å². The van der Waals surface area contributed by atoms with Crippen LogP contribution in [0.15, 0.2) is 0 Å². The van der Waals surface area contributed by atoms with Gasteiger partial charge in [-0.15, -0.1) is 11.8 Å². The molecule has 1 fully saturated rings. The van der Waals surface area contributed by atoms with Gasteiger partial charge in [0.25, 0.3) is 0 Å². The molecule has 1 aliphatic heterocycles. The first kappa shape index (κ1) is 12.0. The molecule has 1 aliphatic rings. The molecule has 15 heavy (non-hydrogen) atoms. The zero-order valence-electron chi connectivity index (χ0n) is 9.14. The normalized spacial score (nSPS) is 18.8. The minimum atomic E-state index is -0.738. The van der Waals surface area contributed by atoms with Gasteiger partial charge in [0.05, 0.1) is 5.54 Å². The molecule has 0 aromatic carbocycles. The Morgan fingerprint density at radius 3 is 2.80 bits per heavy atom. The average Bonchev–Trinajstić information content (AvgIpc) is 2.25. The fourth-order valence-corrected chi connectivity index (χ4v) is 1.50. The molecule has 3 N–H and O–H groups in total. The van der Waals surface area contributed by atoms with E-state index in [1.54, 1.807) is 6.92 Å². The van der Waals surface area contributed by atoms with Gasteiger partial charge in [-0.25, -0.2) is 0 Å². The maximum Gasteiger partial charge on any atom is 0.240 e. The molecule has 0 radical (unpaired) electrons. The lowest BCUT2D eigenvalue weighted by atomic mass is 9.90. The van der Waals surface area contributed by atoms with Crippen LogP contribution in [-0.4, -0.2) is 31.2 Å². The summed E-state index contributed by atoms with van der Waals surface area (Å²) in [6, 6.07) is 0. The summed E-state index contributed by atoms with van der Waals surface area (Å²) in [6.45, 7) is 3.49. The summed E-state index contributed by atoms with van der Waals surface area (Å²) >= 11 is 0. The largest absolute Gasteiger partial charge is 0.381 e. The Morgan fingerprint density at radius 2 is 2.20 bits per heavy atom. The van der Waals surface area contributed by atoms with Crippen LogP contribution in [0.5, 0.6) is 0 Å². The molecule has 1 heterocycles. The van der Waals surface area contributed by atoms with Crippen molar-refractivity contribution in [1.82, 2.24) is 5.32 Å². The SMILES string of the molecule is CC#CCCNC(=O)C1(N)CCOCC1. The number of nitrogens with two attached hydrogens (primary N) is 1. The number of amides is 1. The van der Waals surface area contributed by atoms with E-state index in [4.69, 9.17) is 10.5 Å². The maximum absolute atomic E-state index is 11.7. The highest BCUT2D eigenvalue weighted by Gasteiger charge is 2.35. The van der Waals surface area contributed by atoms with Crippen molar-refractivity contribution >= 4 is 5.91 Å². The van der Waals surface area contributed by atoms with E-state index < -0.39 is 5.54 Å². The summed E-state index contributed by atoms with van der Waals surface area (Å²) in [6.07, 6.45) is 1.87. The molecule has 4 nitrogen and oxygen atoms in total. The molecule has 0 saturated carbocycles. The molecule has 1 amide bonds. The van der Waals surface area contributed by atoms with Crippen LogP contribution in [-0.2, 0) is 9.53 Å². The van der Waals surface area contributed by atoms with E-state index in [1.807, 2.05) is 0 Å². The summed E-state index contributed by atoms with van der Waals surface area (Å²) in [5, 5.41) is 2.81. The van der Waals surface area contributed by atoms with Gasteiger partial charge in [-0.3, -0.25) is 4.79 Å². The third kappa shape index (κ3) is 3.54. The lowest BCUT2D eigenvalue weighted by Crippen LogP contribution is -2.57. The molecule has 0 aromatic rings. The second kappa shape index (κ2) is 5.74. The topological polar surface area (TPSA) is 64.4 Å². The van der Waals surface area contributed by atoms with E-state index in [0.717, 1.165) is 0 Å². The molecule has 1 rings (SSSR count). The number of hydrogen-bond donors (Lipinski definition) is 2. The number of rotatable bonds is 3. The Labute approximate surface area is 90.5 Å². The van der Waals surface area contributed by atoms with Crippen LogP contribution >= 0.6 is 0 Å². The van der Waals surface area contributed by atoms with Gasteiger partial charge in [0.1, 0.15) is 0 Å². The smallest absolute Gasteiger partial charge is 0.240 e. The fourth-order valence-electron chi connectivity index (χ4n) is 1.50. The standard InChI is InChI=1S/C11H18N2O2/c1-2-3-4-7-13-10(14)11(12)5-8-15-9-6-11/h4-9,12H2,1H3,(H,13,14). The van der Waals surface area contributed by atoms with Crippen LogP contribution in [0.25, 0.3) is 0 Å². The molecular formula is C11H18N2O2. The fraction of sp³-hybridized carbons (Fsp3) is 0.727. The van der Waals surface area contributed by atoms with Crippen LogP contribution in [0.3, 0.4) is 0 Å². The number of nitrogens with one attached hydrogen (secondary N) is 1. The molecule has 0 bridgehead atoms. The van der Waals surface area contributed by atoms with Crippen molar-refractivity contribution in [2.45, 2.75) is 31.7 Å². The molecule has 4 heteroatoms. The van der Waals surface area contributed by atoms with Gasteiger partial charge in [-0.1, -0.05) is 0 Å². The quantitative estimate of drug-likeness (QED) is 0.510. The molecular weight excluding hydrogens is 192 g/mol. The third-order valence-corrected chi connectivity index (χ3v) is 2.55. The number of carbonyl (C=O) groups is 1. The second-order valence-corrected chi connectivity index (χ2v) is 3.70. The van der Waals surface area contributed by atoms with Crippen LogP contribution in [0.1, 0.15) is 26.2 Å². The molecule has 0 aromatic heterocycles. The first-order chi connectivity index (χ1) is 7.19. The summed E-state index contributed by atoms with van der Waals surface area (Å²) in [5.74, 6) is 5.59. The molecule has 84 valence electrons. The van der Waals surface area contributed by atoms with Crippen molar-refractivity contribution in [3.8, 4) is 11.8 Å². The zero-order chi connectivity index (χ0) is 11.1. The van der Waals surface area contributed by atoms with Gasteiger partial charge >= 0.3 is 0 Å². The Balaban J connectivity index is 2.33. The molecule has 0 unspecified atom stereocenters. The number of carbonyl (C=O) groups excluding carboxylic acids is 1. The van der Waals surface area contributed by atoms with Crippen LogP contribution in [0.2, 0.25) is 0 Å². The van der Waals surface area contributed by atoms with E-state index in [0.29, 0.717) is 39.0 Å². The minimum absolute atomic E-state index is 0.0799. The van der Waals surface area contributed by atoms with Gasteiger partial charge in [-0.2, -0.15) is 0 Å². The predicted octanol–water partition coefficient (Wildman–Crippen LogP) is 0.0239. The van der Waals surface area contributed by atoms with E-state index in [9.17, 15) is 4.79 Å². The van der Waals surface area contributed by atoms with E-state index in [1.165, 1.54) is 0 Å². The summed E-state index contributed by atoms with van der Waals surface area (Å²) in [4.78, 5) is 11.7. The average molecular weight is 210 g/mol. The molecule has 0 atom stereocenters. The molecule has 0 aliphatic carbocycles. The van der Waals surface area contributed by atoms with Crippen molar-refractivity contribution in [1.29, 1.82) is 0 Å². The predicted molar refractivity (Wildman–Crippen MR) is 58.0 cm³/mol. The van der Waals surface area contributed by atoms with Gasteiger partial charge < -0.3 is 15.8 Å². The van der Waals surface area contributed by atoms with Gasteiger partial charge in [0.15, 0.2) is 0 Å². The number of ether oxygens (including phenoxy) is 1. The number of hydrogen-bond acceptors (Lipinski definition) is 3. The lowest BCUT2D eigenvalue weighted by Gasteiger charge is -2.31. The highest BCUT2D eigenvalue weighted by atomic mass is 16.5. The maximum atomic E-state index is 11.7. The van der Waals surface area contributed by atoms with Gasteiger partial charge in [0, 0.05) is 26.2 Å². The van der Waals surface area contributed by atoms with Crippen LogP contribution in [0, 0.1) is 11.8 Å². The van der Waals surface area contributed by atoms with Gasteiger partial charge in [0.2, 0.25) is 5.91 Å². The monoisotopic (exact) mass is 210 g/mol. The molecule has 1 saturated heterocycles. The third-order valence-electron chi connectivity index (χ3n) is 2.55. The Hall–Kier alpha value is -1.05. The lowest BCUT2D eigenvalue weighted by molar-refractivity contribution is -0.129. The first-order valence-corrected chi connectivity index (χ1v) is 5.23. The Morgan fingerprint density at radius 1 is 1.53 bits per heavy atom. The van der Waals surface area contributed by atoms with Crippen molar-refractivity contribution < 1.29 is 9.53 Å². The summed E-state index contributed by atoms with van der Waals surface area (Å²) < 4.78 is 5.18. The highest BCUT2D eigenvalue weighted by molar-refractivity contribution is 5.86. The van der Waals surface area contributed by atoms with Crippen molar-refractivity contribution in [3.63, 3.8) is 0 Å². The van der Waals surface area contributed by atoms with Crippen molar-refractivity contribution in [2.75, 3.05) is 19.8 Å². The van der Waals surface area contributed by atoms with Gasteiger partial charge in [-0.05, 0) is 19.8 Å². The van der Waals surface area contributed by atoms with E-state index >= 15 is 0 Å². The minimum Gasteiger partial charge on any atom is -0.381 e. The zero-order valence-corrected chi connectivity index (χ0v) is 9.14. The first-order valence-electron chi connectivity index (χ1n) is 5.23. The molecule has 0 spiro atoms. The highest BCUT2D eigenvalue weighted by Crippen LogP contribution is 2.17. The Bertz CT molecular complexity index is 272. The van der Waals surface area contributed by atoms with E-state index in [-0.39, 0.29) is 5.91 Å². The van der Waals surface area contributed by atoms with Crippen LogP contribution < -0.4 is 11.1 Å². The summed E-state index contributed by atoms with van der Waals surface area (Å²) in [7, 11) is 0. The summed E-state index contributed by atoms with van der Waals surface area (Å²) in [5.41, 5.74) is 5.25. The van der Waals surface area contributed by atoms with Crippen molar-refractivity contribution in [2.24, 2.45) is 5.73 Å². The Kier molecular flexibility index (Phi) is 4.60. The van der Waals surface area contributed by atoms with Crippen LogP contribution in [0.4, 0.5) is 0 Å². The second-order valence-electron chi connectivity index (χ2n) is 3.70.